The molecule has 0 bridgehead atoms. The van der Waals surface area contributed by atoms with Gasteiger partial charge in [-0.15, -0.1) is 0 Å². The van der Waals surface area contributed by atoms with E-state index in [4.69, 9.17) is 11.6 Å². The smallest absolute Gasteiger partial charge is 0.276 e. The molecule has 0 atom stereocenters. The third-order valence-corrected chi connectivity index (χ3v) is 3.57. The van der Waals surface area contributed by atoms with E-state index < -0.39 is 5.91 Å². The summed E-state index contributed by atoms with van der Waals surface area (Å²) in [7, 11) is 0. The molecule has 3 rings (SSSR count). The molecule has 0 aliphatic heterocycles. The highest BCUT2D eigenvalue weighted by Gasteiger charge is 2.13. The van der Waals surface area contributed by atoms with Crippen molar-refractivity contribution in [1.29, 1.82) is 0 Å². The molecule has 0 saturated carbocycles. The first-order valence-corrected chi connectivity index (χ1v) is 7.22. The maximum absolute atomic E-state index is 12.3. The second-order valence-corrected chi connectivity index (χ2v) is 5.15. The number of aromatic nitrogens is 3. The summed E-state index contributed by atoms with van der Waals surface area (Å²) in [5.74, 6) is -0.390. The summed E-state index contributed by atoms with van der Waals surface area (Å²) in [4.78, 5) is 16.2. The molecule has 116 valence electrons. The number of hydrogen-bond acceptors (Lipinski definition) is 4. The van der Waals surface area contributed by atoms with Crippen molar-refractivity contribution in [2.45, 2.75) is 6.61 Å². The number of nitrogens with one attached hydrogen (secondary N) is 1. The summed E-state index contributed by atoms with van der Waals surface area (Å²) >= 11 is 6.12. The van der Waals surface area contributed by atoms with Crippen LogP contribution in [-0.2, 0) is 6.61 Å². The summed E-state index contributed by atoms with van der Waals surface area (Å²) in [6, 6.07) is 10.4. The van der Waals surface area contributed by atoms with Gasteiger partial charge in [0.05, 0.1) is 29.2 Å². The largest absolute Gasteiger partial charge is 0.392 e. The summed E-state index contributed by atoms with van der Waals surface area (Å²) in [5.41, 5.74) is 1.95. The zero-order valence-corrected chi connectivity index (χ0v) is 12.7. The summed E-state index contributed by atoms with van der Waals surface area (Å²) < 4.78 is 1.54. The fourth-order valence-electron chi connectivity index (χ4n) is 2.08. The first-order chi connectivity index (χ1) is 11.2. The Balaban J connectivity index is 1.83. The average molecular weight is 329 g/mol. The molecular formula is C16H13ClN4O2. The topological polar surface area (TPSA) is 80.0 Å². The Kier molecular flexibility index (Phi) is 4.36. The van der Waals surface area contributed by atoms with E-state index in [9.17, 15) is 9.90 Å². The molecule has 0 radical (unpaired) electrons. The maximum atomic E-state index is 12.3. The van der Waals surface area contributed by atoms with Crippen molar-refractivity contribution in [2.75, 3.05) is 5.32 Å². The SMILES string of the molecule is O=C(Nc1cnccc1CO)c1ccn(-c2ccccc2Cl)n1. The number of anilines is 1. The van der Waals surface area contributed by atoms with E-state index in [1.807, 2.05) is 18.2 Å². The Hall–Kier alpha value is -2.70. The minimum absolute atomic E-state index is 0.188. The molecule has 6 nitrogen and oxygen atoms in total. The molecule has 0 saturated heterocycles. The van der Waals surface area contributed by atoms with E-state index in [2.05, 4.69) is 15.4 Å². The van der Waals surface area contributed by atoms with Gasteiger partial charge in [0.15, 0.2) is 5.69 Å². The van der Waals surface area contributed by atoms with Crippen LogP contribution < -0.4 is 5.32 Å². The number of aliphatic hydroxyl groups excluding tert-OH is 1. The number of pyridine rings is 1. The second kappa shape index (κ2) is 6.60. The molecule has 1 amide bonds. The summed E-state index contributed by atoms with van der Waals surface area (Å²) in [6.45, 7) is -0.188. The molecule has 0 spiro atoms. The third kappa shape index (κ3) is 3.23. The van der Waals surface area contributed by atoms with E-state index in [0.717, 1.165) is 0 Å². The molecule has 1 aromatic carbocycles. The van der Waals surface area contributed by atoms with Gasteiger partial charge in [-0.2, -0.15) is 5.10 Å². The highest BCUT2D eigenvalue weighted by atomic mass is 35.5. The van der Waals surface area contributed by atoms with E-state index in [0.29, 0.717) is 22.0 Å². The normalized spacial score (nSPS) is 10.5. The lowest BCUT2D eigenvalue weighted by molar-refractivity contribution is 0.102. The number of carbonyl (C=O) groups excluding carboxylic acids is 1. The summed E-state index contributed by atoms with van der Waals surface area (Å²) in [6.07, 6.45) is 4.69. The number of benzene rings is 1. The van der Waals surface area contributed by atoms with Gasteiger partial charge in [-0.3, -0.25) is 9.78 Å². The van der Waals surface area contributed by atoms with Crippen LogP contribution >= 0.6 is 11.6 Å². The van der Waals surface area contributed by atoms with Gasteiger partial charge in [0.25, 0.3) is 5.91 Å². The van der Waals surface area contributed by atoms with Crippen LogP contribution in [0.4, 0.5) is 5.69 Å². The minimum atomic E-state index is -0.390. The molecular weight excluding hydrogens is 316 g/mol. The van der Waals surface area contributed by atoms with E-state index >= 15 is 0 Å². The van der Waals surface area contributed by atoms with Gasteiger partial charge in [-0.05, 0) is 24.3 Å². The Morgan fingerprint density at radius 2 is 2.09 bits per heavy atom. The van der Waals surface area contributed by atoms with Gasteiger partial charge in [-0.1, -0.05) is 23.7 Å². The van der Waals surface area contributed by atoms with E-state index in [1.54, 1.807) is 30.6 Å². The van der Waals surface area contributed by atoms with Crippen LogP contribution in [0.1, 0.15) is 16.1 Å². The predicted octanol–water partition coefficient (Wildman–Crippen LogP) is 2.67. The Bertz CT molecular complexity index is 847. The van der Waals surface area contributed by atoms with Crippen molar-refractivity contribution in [3.63, 3.8) is 0 Å². The van der Waals surface area contributed by atoms with Crippen molar-refractivity contribution in [1.82, 2.24) is 14.8 Å². The number of rotatable bonds is 4. The van der Waals surface area contributed by atoms with Crippen LogP contribution in [0, 0.1) is 0 Å². The molecule has 2 N–H and O–H groups in total. The predicted molar refractivity (Wildman–Crippen MR) is 86.7 cm³/mol. The lowest BCUT2D eigenvalue weighted by Crippen LogP contribution is -2.14. The molecule has 23 heavy (non-hydrogen) atoms. The standard InChI is InChI=1S/C16H13ClN4O2/c17-12-3-1-2-4-15(12)21-8-6-13(20-21)16(23)19-14-9-18-7-5-11(14)10-22/h1-9,22H,10H2,(H,19,23). The van der Waals surface area contributed by atoms with Gasteiger partial charge in [0.2, 0.25) is 0 Å². The van der Waals surface area contributed by atoms with E-state index in [1.165, 1.54) is 10.9 Å². The minimum Gasteiger partial charge on any atom is -0.392 e. The molecule has 0 unspecified atom stereocenters. The first kappa shape index (κ1) is 15.2. The maximum Gasteiger partial charge on any atom is 0.276 e. The van der Waals surface area contributed by atoms with Crippen LogP contribution in [-0.4, -0.2) is 25.8 Å². The third-order valence-electron chi connectivity index (χ3n) is 3.25. The quantitative estimate of drug-likeness (QED) is 0.771. The Morgan fingerprint density at radius 1 is 1.26 bits per heavy atom. The van der Waals surface area contributed by atoms with Gasteiger partial charge in [0.1, 0.15) is 0 Å². The van der Waals surface area contributed by atoms with Gasteiger partial charge < -0.3 is 10.4 Å². The van der Waals surface area contributed by atoms with Crippen molar-refractivity contribution in [3.05, 3.63) is 71.3 Å². The van der Waals surface area contributed by atoms with Crippen molar-refractivity contribution in [2.24, 2.45) is 0 Å². The number of amides is 1. The zero-order chi connectivity index (χ0) is 16.2. The van der Waals surface area contributed by atoms with Crippen LogP contribution in [0.2, 0.25) is 5.02 Å². The molecule has 0 fully saturated rings. The Morgan fingerprint density at radius 3 is 2.87 bits per heavy atom. The van der Waals surface area contributed by atoms with Crippen LogP contribution in [0.15, 0.2) is 55.0 Å². The molecule has 0 aliphatic carbocycles. The number of para-hydroxylation sites is 1. The second-order valence-electron chi connectivity index (χ2n) is 4.74. The van der Waals surface area contributed by atoms with Crippen molar-refractivity contribution in [3.8, 4) is 5.69 Å². The molecule has 3 aromatic rings. The number of hydrogen-bond donors (Lipinski definition) is 2. The lowest BCUT2D eigenvalue weighted by Gasteiger charge is -2.07. The lowest BCUT2D eigenvalue weighted by atomic mass is 10.2. The number of carbonyl (C=O) groups is 1. The molecule has 2 heterocycles. The summed E-state index contributed by atoms with van der Waals surface area (Å²) in [5, 5.41) is 16.7. The number of halogens is 1. The van der Waals surface area contributed by atoms with Gasteiger partial charge >= 0.3 is 0 Å². The van der Waals surface area contributed by atoms with Gasteiger partial charge in [-0.25, -0.2) is 4.68 Å². The zero-order valence-electron chi connectivity index (χ0n) is 12.0. The first-order valence-electron chi connectivity index (χ1n) is 6.84. The number of nitrogens with zero attached hydrogens (tertiary/aromatic N) is 3. The fraction of sp³-hybridized carbons (Fsp3) is 0.0625. The fourth-order valence-corrected chi connectivity index (χ4v) is 2.30. The monoisotopic (exact) mass is 328 g/mol. The van der Waals surface area contributed by atoms with Crippen molar-refractivity contribution < 1.29 is 9.90 Å². The Labute approximate surface area is 137 Å². The van der Waals surface area contributed by atoms with Crippen LogP contribution in [0.5, 0.6) is 0 Å². The highest BCUT2D eigenvalue weighted by molar-refractivity contribution is 6.32. The highest BCUT2D eigenvalue weighted by Crippen LogP contribution is 2.19. The number of aliphatic hydroxyl groups is 1. The molecule has 7 heteroatoms. The average Bonchev–Trinajstić information content (AvgIpc) is 3.05. The van der Waals surface area contributed by atoms with E-state index in [-0.39, 0.29) is 12.3 Å². The van der Waals surface area contributed by atoms with Crippen molar-refractivity contribution >= 4 is 23.2 Å². The molecule has 2 aromatic heterocycles. The van der Waals surface area contributed by atoms with Gasteiger partial charge in [0, 0.05) is 18.0 Å². The molecule has 0 aliphatic rings. The van der Waals surface area contributed by atoms with Crippen LogP contribution in [0.3, 0.4) is 0 Å². The van der Waals surface area contributed by atoms with Crippen LogP contribution in [0.25, 0.3) is 5.69 Å².